The molecule has 0 aliphatic carbocycles. The number of fused-ring (bicyclic) bond motifs is 1. The van der Waals surface area contributed by atoms with Crippen LogP contribution in [0.25, 0.3) is 0 Å². The van der Waals surface area contributed by atoms with E-state index in [1.807, 2.05) is 38.1 Å². The van der Waals surface area contributed by atoms with Crippen LogP contribution in [0.4, 0.5) is 5.69 Å². The zero-order chi connectivity index (χ0) is 20.7. The van der Waals surface area contributed by atoms with Crippen LogP contribution in [0, 0.1) is 31.1 Å². The fraction of sp³-hybridized carbons (Fsp3) is 0.364. The number of carbonyl (C=O) groups excluding carboxylic acids is 2. The molecule has 2 aliphatic rings. The van der Waals surface area contributed by atoms with Crippen LogP contribution in [0.15, 0.2) is 29.1 Å². The van der Waals surface area contributed by atoms with Crippen molar-refractivity contribution >= 4 is 17.5 Å². The predicted octanol–water partition coefficient (Wildman–Crippen LogP) is 1.80. The van der Waals surface area contributed by atoms with Gasteiger partial charge in [0.05, 0.1) is 5.92 Å². The van der Waals surface area contributed by atoms with Gasteiger partial charge in [-0.1, -0.05) is 6.07 Å². The Balaban J connectivity index is 1.51. The molecule has 1 unspecified atom stereocenters. The largest absolute Gasteiger partial charge is 0.338 e. The molecule has 2 aliphatic heterocycles. The second-order valence-corrected chi connectivity index (χ2v) is 7.81. The Bertz CT molecular complexity index is 1110. The number of aryl methyl sites for hydroxylation is 2. The summed E-state index contributed by atoms with van der Waals surface area (Å²) in [5, 5.41) is 9.08. The quantitative estimate of drug-likeness (QED) is 0.845. The van der Waals surface area contributed by atoms with E-state index in [9.17, 15) is 14.4 Å². The number of nitrogens with zero attached hydrogens (tertiary/aromatic N) is 3. The number of aromatic amines is 1. The number of hydrogen-bond donors (Lipinski definition) is 1. The van der Waals surface area contributed by atoms with E-state index in [1.165, 1.54) is 0 Å². The first kappa shape index (κ1) is 18.9. The molecule has 0 bridgehead atoms. The highest BCUT2D eigenvalue weighted by molar-refractivity contribution is 6.00. The van der Waals surface area contributed by atoms with Gasteiger partial charge in [-0.05, 0) is 48.7 Å². The number of anilines is 1. The summed E-state index contributed by atoms with van der Waals surface area (Å²) < 4.78 is 0. The zero-order valence-corrected chi connectivity index (χ0v) is 16.5. The van der Waals surface area contributed by atoms with Crippen molar-refractivity contribution in [2.24, 2.45) is 5.92 Å². The van der Waals surface area contributed by atoms with E-state index >= 15 is 0 Å². The minimum absolute atomic E-state index is 0.0416. The summed E-state index contributed by atoms with van der Waals surface area (Å²) in [5.74, 6) is -0.482. The van der Waals surface area contributed by atoms with Crippen LogP contribution in [0.1, 0.15) is 34.4 Å². The number of carbonyl (C=O) groups is 2. The van der Waals surface area contributed by atoms with Gasteiger partial charge >= 0.3 is 0 Å². The Morgan fingerprint density at radius 1 is 1.21 bits per heavy atom. The number of nitriles is 1. The van der Waals surface area contributed by atoms with E-state index in [-0.39, 0.29) is 29.7 Å². The molecule has 1 atom stereocenters. The number of nitrogens with one attached hydrogen (secondary N) is 1. The number of aromatic nitrogens is 1. The molecule has 0 saturated carbocycles. The molecule has 2 aromatic rings. The van der Waals surface area contributed by atoms with Gasteiger partial charge in [0, 0.05) is 43.9 Å². The highest BCUT2D eigenvalue weighted by atomic mass is 16.2. The van der Waals surface area contributed by atoms with Crippen molar-refractivity contribution in [1.82, 2.24) is 9.88 Å². The van der Waals surface area contributed by atoms with Gasteiger partial charge in [-0.15, -0.1) is 0 Å². The Kier molecular flexibility index (Phi) is 4.71. The van der Waals surface area contributed by atoms with Gasteiger partial charge in [-0.25, -0.2) is 0 Å². The third-order valence-corrected chi connectivity index (χ3v) is 5.92. The molecule has 3 heterocycles. The maximum Gasteiger partial charge on any atom is 0.266 e. The van der Waals surface area contributed by atoms with Crippen molar-refractivity contribution < 1.29 is 9.59 Å². The van der Waals surface area contributed by atoms with E-state index in [2.05, 4.69) is 4.98 Å². The first-order valence-electron chi connectivity index (χ1n) is 9.69. The second-order valence-electron chi connectivity index (χ2n) is 7.81. The monoisotopic (exact) mass is 390 g/mol. The second kappa shape index (κ2) is 7.21. The third kappa shape index (κ3) is 3.42. The average molecular weight is 390 g/mol. The molecule has 1 aromatic heterocycles. The maximum absolute atomic E-state index is 13.1. The van der Waals surface area contributed by atoms with Crippen molar-refractivity contribution in [2.45, 2.75) is 33.2 Å². The molecule has 4 rings (SSSR count). The molecule has 1 N–H and O–H groups in total. The van der Waals surface area contributed by atoms with Crippen LogP contribution in [0.2, 0.25) is 0 Å². The predicted molar refractivity (Wildman–Crippen MR) is 107 cm³/mol. The smallest absolute Gasteiger partial charge is 0.266 e. The lowest BCUT2D eigenvalue weighted by Gasteiger charge is -2.30. The summed E-state index contributed by atoms with van der Waals surface area (Å²) in [7, 11) is 0. The van der Waals surface area contributed by atoms with Crippen LogP contribution < -0.4 is 10.5 Å². The van der Waals surface area contributed by atoms with Gasteiger partial charge in [-0.3, -0.25) is 14.4 Å². The van der Waals surface area contributed by atoms with E-state index < -0.39 is 5.56 Å². The standard InChI is InChI=1S/C22H22N4O3/c1-13-3-4-18(7-14(13)2)26-12-17(9-20(26)27)22(29)25-6-5-19-16(11-25)8-15(10-23)21(28)24-19/h3-4,7-8,17H,5-6,9,11-12H2,1-2H3,(H,24,28). The number of pyridine rings is 1. The molecule has 7 nitrogen and oxygen atoms in total. The molecule has 29 heavy (non-hydrogen) atoms. The minimum atomic E-state index is -0.392. The molecular weight excluding hydrogens is 368 g/mol. The van der Waals surface area contributed by atoms with Crippen LogP contribution in [-0.2, 0) is 22.6 Å². The highest BCUT2D eigenvalue weighted by Crippen LogP contribution is 2.29. The van der Waals surface area contributed by atoms with Gasteiger partial charge in [-0.2, -0.15) is 5.26 Å². The molecule has 0 spiro atoms. The topological polar surface area (TPSA) is 97.3 Å². The molecule has 2 amide bonds. The lowest BCUT2D eigenvalue weighted by Crippen LogP contribution is -2.41. The maximum atomic E-state index is 13.1. The van der Waals surface area contributed by atoms with Crippen molar-refractivity contribution in [3.05, 3.63) is 62.6 Å². The van der Waals surface area contributed by atoms with E-state index in [1.54, 1.807) is 15.9 Å². The number of benzene rings is 1. The average Bonchev–Trinajstić information content (AvgIpc) is 3.10. The van der Waals surface area contributed by atoms with Gasteiger partial charge in [0.25, 0.3) is 5.56 Å². The number of rotatable bonds is 2. The molecule has 1 fully saturated rings. The van der Waals surface area contributed by atoms with Crippen LogP contribution in [0.5, 0.6) is 0 Å². The van der Waals surface area contributed by atoms with E-state index in [4.69, 9.17) is 5.26 Å². The summed E-state index contributed by atoms with van der Waals surface area (Å²) in [4.78, 5) is 43.6. The highest BCUT2D eigenvalue weighted by Gasteiger charge is 2.38. The third-order valence-electron chi connectivity index (χ3n) is 5.92. The Morgan fingerprint density at radius 3 is 2.72 bits per heavy atom. The fourth-order valence-electron chi connectivity index (χ4n) is 4.05. The van der Waals surface area contributed by atoms with Crippen molar-refractivity contribution in [2.75, 3.05) is 18.0 Å². The van der Waals surface area contributed by atoms with Crippen LogP contribution >= 0.6 is 0 Å². The Hall–Kier alpha value is -3.40. The lowest BCUT2D eigenvalue weighted by atomic mass is 10.0. The van der Waals surface area contributed by atoms with Crippen molar-refractivity contribution in [1.29, 1.82) is 5.26 Å². The minimum Gasteiger partial charge on any atom is -0.338 e. The summed E-state index contributed by atoms with van der Waals surface area (Å²) in [5.41, 5.74) is 4.32. The van der Waals surface area contributed by atoms with Crippen LogP contribution in [0.3, 0.4) is 0 Å². The molecule has 0 radical (unpaired) electrons. The summed E-state index contributed by atoms with van der Waals surface area (Å²) in [6.07, 6.45) is 0.730. The van der Waals surface area contributed by atoms with Gasteiger partial charge in [0.1, 0.15) is 11.6 Å². The zero-order valence-electron chi connectivity index (χ0n) is 16.5. The normalized spacial score (nSPS) is 18.5. The van der Waals surface area contributed by atoms with Gasteiger partial charge < -0.3 is 14.8 Å². The van der Waals surface area contributed by atoms with E-state index in [0.717, 1.165) is 28.1 Å². The number of amides is 2. The Morgan fingerprint density at radius 2 is 2.00 bits per heavy atom. The molecule has 7 heteroatoms. The van der Waals surface area contributed by atoms with Gasteiger partial charge in [0.2, 0.25) is 11.8 Å². The SMILES string of the molecule is Cc1ccc(N2CC(C(=O)N3CCc4[nH]c(=O)c(C#N)cc4C3)CC2=O)cc1C. The number of H-pyrrole nitrogens is 1. The lowest BCUT2D eigenvalue weighted by molar-refractivity contribution is -0.136. The Labute approximate surface area is 168 Å². The van der Waals surface area contributed by atoms with Crippen molar-refractivity contribution in [3.8, 4) is 6.07 Å². The summed E-state index contributed by atoms with van der Waals surface area (Å²) >= 11 is 0. The summed E-state index contributed by atoms with van der Waals surface area (Å²) in [6.45, 7) is 5.23. The van der Waals surface area contributed by atoms with Gasteiger partial charge in [0.15, 0.2) is 0 Å². The van der Waals surface area contributed by atoms with Crippen LogP contribution in [-0.4, -0.2) is 34.8 Å². The number of hydrogen-bond acceptors (Lipinski definition) is 4. The molecule has 1 saturated heterocycles. The molecule has 1 aromatic carbocycles. The summed E-state index contributed by atoms with van der Waals surface area (Å²) in [6, 6.07) is 9.34. The van der Waals surface area contributed by atoms with E-state index in [0.29, 0.717) is 26.1 Å². The molecular formula is C22H22N4O3. The van der Waals surface area contributed by atoms with Crippen molar-refractivity contribution in [3.63, 3.8) is 0 Å². The molecule has 148 valence electrons. The first-order valence-corrected chi connectivity index (χ1v) is 9.69. The first-order chi connectivity index (χ1) is 13.9. The fourth-order valence-corrected chi connectivity index (χ4v) is 4.05.